The number of non-ortho nitro benzene ring substituents is 1. The van der Waals surface area contributed by atoms with Gasteiger partial charge in [0, 0.05) is 25.1 Å². The minimum Gasteiger partial charge on any atom is -0.458 e. The Hall–Kier alpha value is -3.35. The van der Waals surface area contributed by atoms with E-state index >= 15 is 0 Å². The minimum atomic E-state index is -1.23. The Morgan fingerprint density at radius 3 is 2.81 bits per heavy atom. The van der Waals surface area contributed by atoms with E-state index in [1.54, 1.807) is 23.0 Å². The molecule has 1 saturated carbocycles. The number of nitrogens with one attached hydrogen (secondary N) is 1. The molecule has 1 aliphatic heterocycles. The molecule has 0 bridgehead atoms. The fourth-order valence-electron chi connectivity index (χ4n) is 3.79. The summed E-state index contributed by atoms with van der Waals surface area (Å²) in [5, 5.41) is 34.0. The van der Waals surface area contributed by atoms with Gasteiger partial charge in [-0.15, -0.1) is 0 Å². The molecule has 1 aliphatic carbocycles. The van der Waals surface area contributed by atoms with Crippen LogP contribution in [0.1, 0.15) is 25.1 Å². The smallest absolute Gasteiger partial charge is 0.320 e. The SMILES string of the molecule is CCNc1nc(OCc2ccc([N+](=O)[O-])cc2)nc2c1ncn2[C@H]1C[C@@]2(O)C(O)[C@H]2O1. The summed E-state index contributed by atoms with van der Waals surface area (Å²) in [6, 6.07) is 6.13. The van der Waals surface area contributed by atoms with Crippen LogP contribution in [0.3, 0.4) is 0 Å². The molecule has 3 N–H and O–H groups in total. The number of anilines is 1. The molecule has 0 spiro atoms. The van der Waals surface area contributed by atoms with E-state index in [4.69, 9.17) is 9.47 Å². The Morgan fingerprint density at radius 1 is 1.39 bits per heavy atom. The van der Waals surface area contributed by atoms with Gasteiger partial charge in [-0.05, 0) is 24.6 Å². The van der Waals surface area contributed by atoms with E-state index in [0.29, 0.717) is 23.5 Å². The van der Waals surface area contributed by atoms with Crippen molar-refractivity contribution in [2.45, 2.75) is 44.0 Å². The molecule has 3 aromatic rings. The topological polar surface area (TPSA) is 158 Å². The Labute approximate surface area is 175 Å². The molecule has 31 heavy (non-hydrogen) atoms. The summed E-state index contributed by atoms with van der Waals surface area (Å²) in [5.74, 6) is 0.492. The molecular weight excluding hydrogens is 408 g/mol. The molecule has 5 rings (SSSR count). The van der Waals surface area contributed by atoms with Crippen molar-refractivity contribution >= 4 is 22.7 Å². The van der Waals surface area contributed by atoms with Gasteiger partial charge in [0.2, 0.25) is 0 Å². The molecule has 0 radical (unpaired) electrons. The molecule has 2 aromatic heterocycles. The van der Waals surface area contributed by atoms with Gasteiger partial charge >= 0.3 is 6.01 Å². The summed E-state index contributed by atoms with van der Waals surface area (Å²) in [5.41, 5.74) is 0.494. The average Bonchev–Trinajstić information content (AvgIpc) is 3.12. The molecule has 162 valence electrons. The highest BCUT2D eigenvalue weighted by atomic mass is 16.6. The number of benzene rings is 1. The summed E-state index contributed by atoms with van der Waals surface area (Å²) >= 11 is 0. The molecule has 1 unspecified atom stereocenters. The first-order valence-corrected chi connectivity index (χ1v) is 9.81. The summed E-state index contributed by atoms with van der Waals surface area (Å²) < 4.78 is 13.2. The maximum Gasteiger partial charge on any atom is 0.320 e. The number of aliphatic hydroxyl groups is 2. The molecule has 2 aliphatic rings. The zero-order valence-electron chi connectivity index (χ0n) is 16.5. The van der Waals surface area contributed by atoms with Crippen molar-refractivity contribution in [1.82, 2.24) is 19.5 Å². The van der Waals surface area contributed by atoms with Gasteiger partial charge in [0.25, 0.3) is 5.69 Å². The van der Waals surface area contributed by atoms with Crippen molar-refractivity contribution in [3.8, 4) is 6.01 Å². The molecule has 1 saturated heterocycles. The van der Waals surface area contributed by atoms with E-state index < -0.39 is 29.0 Å². The normalized spacial score (nSPS) is 26.6. The number of ether oxygens (including phenoxy) is 2. The van der Waals surface area contributed by atoms with Crippen LogP contribution in [0.5, 0.6) is 6.01 Å². The number of fused-ring (bicyclic) bond motifs is 2. The number of nitro benzene ring substituents is 1. The summed E-state index contributed by atoms with van der Waals surface area (Å²) in [6.07, 6.45) is -0.209. The number of nitrogens with zero attached hydrogens (tertiary/aromatic N) is 5. The zero-order valence-corrected chi connectivity index (χ0v) is 16.5. The van der Waals surface area contributed by atoms with Gasteiger partial charge in [-0.25, -0.2) is 4.98 Å². The molecule has 1 aromatic carbocycles. The van der Waals surface area contributed by atoms with Crippen molar-refractivity contribution < 1.29 is 24.6 Å². The molecule has 0 amide bonds. The predicted octanol–water partition coefficient (Wildman–Crippen LogP) is 1.14. The van der Waals surface area contributed by atoms with Crippen LogP contribution in [0.2, 0.25) is 0 Å². The Balaban J connectivity index is 1.41. The third kappa shape index (κ3) is 3.24. The van der Waals surface area contributed by atoms with Gasteiger partial charge in [-0.1, -0.05) is 0 Å². The third-order valence-corrected chi connectivity index (χ3v) is 5.56. The second-order valence-corrected chi connectivity index (χ2v) is 7.57. The maximum absolute atomic E-state index is 10.8. The van der Waals surface area contributed by atoms with Crippen LogP contribution >= 0.6 is 0 Å². The summed E-state index contributed by atoms with van der Waals surface area (Å²) in [4.78, 5) is 23.6. The Kier molecular flexibility index (Phi) is 4.50. The van der Waals surface area contributed by atoms with Crippen LogP contribution in [0.4, 0.5) is 11.5 Å². The first kappa shape index (κ1) is 19.6. The van der Waals surface area contributed by atoms with E-state index in [-0.39, 0.29) is 24.7 Å². The molecule has 12 heteroatoms. The van der Waals surface area contributed by atoms with Gasteiger partial charge < -0.3 is 25.0 Å². The number of nitro groups is 1. The molecule has 4 atom stereocenters. The largest absolute Gasteiger partial charge is 0.458 e. The van der Waals surface area contributed by atoms with Gasteiger partial charge in [0.15, 0.2) is 17.0 Å². The van der Waals surface area contributed by atoms with Crippen LogP contribution in [-0.2, 0) is 11.3 Å². The second kappa shape index (κ2) is 7.11. The highest BCUT2D eigenvalue weighted by molar-refractivity contribution is 5.83. The molecule has 2 fully saturated rings. The quantitative estimate of drug-likeness (QED) is 0.368. The Bertz CT molecular complexity index is 1150. The highest BCUT2D eigenvalue weighted by Gasteiger charge is 2.71. The van der Waals surface area contributed by atoms with Crippen LogP contribution in [0.15, 0.2) is 30.6 Å². The van der Waals surface area contributed by atoms with E-state index in [1.807, 2.05) is 6.92 Å². The lowest BCUT2D eigenvalue weighted by Gasteiger charge is -2.16. The Morgan fingerprint density at radius 2 is 2.16 bits per heavy atom. The lowest BCUT2D eigenvalue weighted by Crippen LogP contribution is -2.19. The number of hydrogen-bond donors (Lipinski definition) is 3. The highest BCUT2D eigenvalue weighted by Crippen LogP contribution is 2.53. The number of imidazole rings is 1. The van der Waals surface area contributed by atoms with Gasteiger partial charge in [0.05, 0.1) is 11.3 Å². The van der Waals surface area contributed by atoms with E-state index in [1.165, 1.54) is 12.1 Å². The second-order valence-electron chi connectivity index (χ2n) is 7.57. The monoisotopic (exact) mass is 428 g/mol. The van der Waals surface area contributed by atoms with Gasteiger partial charge in [0.1, 0.15) is 30.6 Å². The van der Waals surface area contributed by atoms with Crippen molar-refractivity contribution in [3.05, 3.63) is 46.3 Å². The number of hydrogen-bond acceptors (Lipinski definition) is 10. The molecule has 12 nitrogen and oxygen atoms in total. The van der Waals surface area contributed by atoms with Crippen molar-refractivity contribution in [2.24, 2.45) is 0 Å². The van der Waals surface area contributed by atoms with Crippen molar-refractivity contribution in [3.63, 3.8) is 0 Å². The lowest BCUT2D eigenvalue weighted by atomic mass is 10.2. The van der Waals surface area contributed by atoms with E-state index in [2.05, 4.69) is 20.3 Å². The van der Waals surface area contributed by atoms with Crippen LogP contribution < -0.4 is 10.1 Å². The number of rotatable bonds is 7. The number of aromatic nitrogens is 4. The minimum absolute atomic E-state index is 0.00105. The number of aliphatic hydroxyl groups excluding tert-OH is 1. The van der Waals surface area contributed by atoms with Crippen molar-refractivity contribution in [2.75, 3.05) is 11.9 Å². The van der Waals surface area contributed by atoms with E-state index in [0.717, 1.165) is 5.56 Å². The molecule has 3 heterocycles. The average molecular weight is 428 g/mol. The first-order chi connectivity index (χ1) is 14.9. The third-order valence-electron chi connectivity index (χ3n) is 5.56. The van der Waals surface area contributed by atoms with Crippen LogP contribution in [0.25, 0.3) is 11.2 Å². The fourth-order valence-corrected chi connectivity index (χ4v) is 3.79. The van der Waals surface area contributed by atoms with E-state index in [9.17, 15) is 20.3 Å². The summed E-state index contributed by atoms with van der Waals surface area (Å²) in [6.45, 7) is 2.65. The zero-order chi connectivity index (χ0) is 21.8. The fraction of sp³-hybridized carbons (Fsp3) is 0.421. The van der Waals surface area contributed by atoms with Crippen LogP contribution in [-0.4, -0.2) is 59.0 Å². The standard InChI is InChI=1S/C19H20N6O6/c1-2-20-16-13-17(24(9-21-13)12-7-19(27)14(26)15(19)31-12)23-18(22-16)30-8-10-3-5-11(6-4-10)25(28)29/h3-6,9,12,14-15,26-27H,2,7-8H2,1H3,(H,20,22,23)/t12-,14?,15-,19-/m1/s1. The van der Waals surface area contributed by atoms with Crippen LogP contribution in [0, 0.1) is 10.1 Å². The maximum atomic E-state index is 10.8. The van der Waals surface area contributed by atoms with Gasteiger partial charge in [-0.3, -0.25) is 14.7 Å². The molecular formula is C19H20N6O6. The van der Waals surface area contributed by atoms with Crippen molar-refractivity contribution in [1.29, 1.82) is 0 Å². The van der Waals surface area contributed by atoms with Gasteiger partial charge in [-0.2, -0.15) is 9.97 Å². The summed E-state index contributed by atoms with van der Waals surface area (Å²) in [7, 11) is 0. The predicted molar refractivity (Wildman–Crippen MR) is 106 cm³/mol. The lowest BCUT2D eigenvalue weighted by molar-refractivity contribution is -0.384. The first-order valence-electron chi connectivity index (χ1n) is 9.81.